The third-order valence-electron chi connectivity index (χ3n) is 3.56. The highest BCUT2D eigenvalue weighted by molar-refractivity contribution is 8.02. The molecule has 1 aromatic heterocycles. The van der Waals surface area contributed by atoms with Crippen molar-refractivity contribution in [2.24, 2.45) is 5.41 Å². The normalized spacial score (nSPS) is 12.3. The summed E-state index contributed by atoms with van der Waals surface area (Å²) in [6.45, 7) is 11.7. The largest absolute Gasteiger partial charge is 0.357 e. The Hall–Kier alpha value is -2.19. The van der Waals surface area contributed by atoms with Crippen molar-refractivity contribution in [2.45, 2.75) is 37.3 Å². The van der Waals surface area contributed by atoms with Crippen molar-refractivity contribution in [3.05, 3.63) is 42.5 Å². The molecule has 1 amide bonds. The number of nitrogens with zero attached hydrogens (tertiary/aromatic N) is 2. The number of hydrogen-bond donors (Lipinski definition) is 2. The van der Waals surface area contributed by atoms with Gasteiger partial charge in [0.2, 0.25) is 11.0 Å². The fourth-order valence-electron chi connectivity index (χ4n) is 1.96. The molecule has 1 atom stereocenters. The number of Topliss-reactive ketones (excluding diaryl/α,β-unsaturated/α-hetero) is 1. The molecule has 0 radical (unpaired) electrons. The second-order valence-corrected chi connectivity index (χ2v) is 9.51. The highest BCUT2D eigenvalue weighted by Gasteiger charge is 2.22. The Morgan fingerprint density at radius 2 is 1.93 bits per heavy atom. The molecular weight excluding hydrogens is 380 g/mol. The molecule has 0 unspecified atom stereocenters. The molecule has 1 aromatic carbocycles. The molecule has 2 rings (SSSR count). The van der Waals surface area contributed by atoms with E-state index in [1.165, 1.54) is 23.1 Å². The summed E-state index contributed by atoms with van der Waals surface area (Å²) in [5.41, 5.74) is 0.799. The summed E-state index contributed by atoms with van der Waals surface area (Å²) in [6, 6.07) is 6.96. The van der Waals surface area contributed by atoms with Gasteiger partial charge in [0.15, 0.2) is 10.1 Å². The number of hydrogen-bond acceptors (Lipinski definition) is 7. The van der Waals surface area contributed by atoms with Gasteiger partial charge in [0.05, 0.1) is 5.25 Å². The molecule has 0 aliphatic carbocycles. The Morgan fingerprint density at radius 3 is 2.52 bits per heavy atom. The van der Waals surface area contributed by atoms with Crippen LogP contribution < -0.4 is 10.6 Å². The van der Waals surface area contributed by atoms with Gasteiger partial charge in [0, 0.05) is 23.2 Å². The average molecular weight is 405 g/mol. The fourth-order valence-corrected chi connectivity index (χ4v) is 3.94. The van der Waals surface area contributed by atoms with E-state index in [4.69, 9.17) is 0 Å². The molecule has 0 fully saturated rings. The lowest BCUT2D eigenvalue weighted by atomic mass is 9.95. The van der Waals surface area contributed by atoms with Gasteiger partial charge in [-0.3, -0.25) is 9.59 Å². The van der Waals surface area contributed by atoms with Crippen molar-refractivity contribution in [1.82, 2.24) is 10.2 Å². The summed E-state index contributed by atoms with van der Waals surface area (Å²) >= 11 is 2.79. The van der Waals surface area contributed by atoms with Crippen LogP contribution in [0.15, 0.2) is 41.3 Å². The molecule has 0 saturated heterocycles. The number of thioether (sulfide) groups is 1. The molecule has 8 heteroatoms. The first-order chi connectivity index (χ1) is 12.7. The molecule has 2 aromatic rings. The minimum Gasteiger partial charge on any atom is -0.357 e. The number of anilines is 2. The van der Waals surface area contributed by atoms with Gasteiger partial charge < -0.3 is 10.6 Å². The SMILES string of the molecule is C=CCNc1nnc(S[C@H](C)C(=O)c2ccc(NC(=O)C(C)(C)C)cc2)s1. The lowest BCUT2D eigenvalue weighted by Gasteiger charge is -2.17. The Balaban J connectivity index is 1.97. The van der Waals surface area contributed by atoms with E-state index in [9.17, 15) is 9.59 Å². The van der Waals surface area contributed by atoms with E-state index in [0.717, 1.165) is 4.34 Å². The van der Waals surface area contributed by atoms with Crippen LogP contribution in [0.25, 0.3) is 0 Å². The smallest absolute Gasteiger partial charge is 0.229 e. The second kappa shape index (κ2) is 9.14. The number of carbonyl (C=O) groups excluding carboxylic acids is 2. The van der Waals surface area contributed by atoms with Crippen LogP contribution in [0.2, 0.25) is 0 Å². The summed E-state index contributed by atoms with van der Waals surface area (Å²) in [7, 11) is 0. The number of amides is 1. The van der Waals surface area contributed by atoms with Gasteiger partial charge in [-0.05, 0) is 31.2 Å². The first-order valence-corrected chi connectivity index (χ1v) is 10.2. The number of aromatic nitrogens is 2. The molecule has 0 aliphatic heterocycles. The van der Waals surface area contributed by atoms with E-state index in [-0.39, 0.29) is 16.9 Å². The molecule has 1 heterocycles. The summed E-state index contributed by atoms with van der Waals surface area (Å²) in [5.74, 6) is -0.0628. The predicted molar refractivity (Wildman–Crippen MR) is 113 cm³/mol. The van der Waals surface area contributed by atoms with Gasteiger partial charge in [0.25, 0.3) is 0 Å². The van der Waals surface area contributed by atoms with Gasteiger partial charge in [-0.2, -0.15) is 0 Å². The first-order valence-electron chi connectivity index (χ1n) is 8.51. The molecule has 27 heavy (non-hydrogen) atoms. The van der Waals surface area contributed by atoms with E-state index in [0.29, 0.717) is 22.9 Å². The number of rotatable bonds is 8. The molecule has 6 nitrogen and oxygen atoms in total. The number of nitrogens with one attached hydrogen (secondary N) is 2. The maximum Gasteiger partial charge on any atom is 0.229 e. The zero-order valence-electron chi connectivity index (χ0n) is 15.9. The Labute approximate surface area is 167 Å². The van der Waals surface area contributed by atoms with Crippen molar-refractivity contribution < 1.29 is 9.59 Å². The van der Waals surface area contributed by atoms with Crippen molar-refractivity contribution in [2.75, 3.05) is 17.2 Å². The fraction of sp³-hybridized carbons (Fsp3) is 0.368. The molecular formula is C19H24N4O2S2. The van der Waals surface area contributed by atoms with Crippen LogP contribution in [0.4, 0.5) is 10.8 Å². The zero-order chi connectivity index (χ0) is 20.0. The predicted octanol–water partition coefficient (Wildman–Crippen LogP) is 4.48. The summed E-state index contributed by atoms with van der Waals surface area (Å²) in [5, 5.41) is 14.5. The average Bonchev–Trinajstić information content (AvgIpc) is 3.06. The molecule has 0 saturated carbocycles. The van der Waals surface area contributed by atoms with Gasteiger partial charge in [0.1, 0.15) is 0 Å². The van der Waals surface area contributed by atoms with Crippen molar-refractivity contribution in [3.63, 3.8) is 0 Å². The molecule has 0 aliphatic rings. The highest BCUT2D eigenvalue weighted by atomic mass is 32.2. The van der Waals surface area contributed by atoms with E-state index in [1.54, 1.807) is 30.3 Å². The van der Waals surface area contributed by atoms with E-state index in [2.05, 4.69) is 27.4 Å². The summed E-state index contributed by atoms with van der Waals surface area (Å²) in [6.07, 6.45) is 1.74. The molecule has 0 bridgehead atoms. The van der Waals surface area contributed by atoms with Gasteiger partial charge in [-0.25, -0.2) is 0 Å². The maximum absolute atomic E-state index is 12.6. The van der Waals surface area contributed by atoms with E-state index in [1.807, 2.05) is 27.7 Å². The molecule has 2 N–H and O–H groups in total. The minimum absolute atomic E-state index is 0.00417. The van der Waals surface area contributed by atoms with Gasteiger partial charge >= 0.3 is 0 Å². The van der Waals surface area contributed by atoms with Crippen molar-refractivity contribution >= 4 is 45.6 Å². The van der Waals surface area contributed by atoms with E-state index >= 15 is 0 Å². The first kappa shape index (κ1) is 21.1. The Bertz CT molecular complexity index is 810. The van der Waals surface area contributed by atoms with Crippen LogP contribution in [0.1, 0.15) is 38.1 Å². The second-order valence-electron chi connectivity index (χ2n) is 6.95. The van der Waals surface area contributed by atoms with Crippen LogP contribution in [0.3, 0.4) is 0 Å². The lowest BCUT2D eigenvalue weighted by Crippen LogP contribution is -2.27. The molecule has 0 spiro atoms. The lowest BCUT2D eigenvalue weighted by molar-refractivity contribution is -0.123. The monoisotopic (exact) mass is 404 g/mol. The van der Waals surface area contributed by atoms with Crippen LogP contribution in [0.5, 0.6) is 0 Å². The Kier molecular flexibility index (Phi) is 7.15. The summed E-state index contributed by atoms with van der Waals surface area (Å²) in [4.78, 5) is 24.7. The third kappa shape index (κ3) is 6.18. The maximum atomic E-state index is 12.6. The van der Waals surface area contributed by atoms with Crippen LogP contribution >= 0.6 is 23.1 Å². The van der Waals surface area contributed by atoms with Gasteiger partial charge in [-0.1, -0.05) is 49.9 Å². The van der Waals surface area contributed by atoms with Crippen molar-refractivity contribution in [1.29, 1.82) is 0 Å². The zero-order valence-corrected chi connectivity index (χ0v) is 17.5. The number of carbonyl (C=O) groups is 2. The van der Waals surface area contributed by atoms with Crippen molar-refractivity contribution in [3.8, 4) is 0 Å². The number of benzene rings is 1. The summed E-state index contributed by atoms with van der Waals surface area (Å²) < 4.78 is 0.733. The van der Waals surface area contributed by atoms with Crippen LogP contribution in [-0.4, -0.2) is 33.7 Å². The molecule has 144 valence electrons. The standard InChI is InChI=1S/C19H24N4O2S2/c1-6-11-20-17-22-23-18(27-17)26-12(2)15(24)13-7-9-14(10-8-13)21-16(25)19(3,4)5/h6-10,12H,1,11H2,2-5H3,(H,20,22)(H,21,25)/t12-/m1/s1. The van der Waals surface area contributed by atoms with Crippen LogP contribution in [-0.2, 0) is 4.79 Å². The third-order valence-corrected chi connectivity index (χ3v) is 5.62. The number of ketones is 1. The Morgan fingerprint density at radius 1 is 1.26 bits per heavy atom. The topological polar surface area (TPSA) is 84.0 Å². The van der Waals surface area contributed by atoms with Crippen LogP contribution in [0, 0.1) is 5.41 Å². The quantitative estimate of drug-likeness (QED) is 0.383. The van der Waals surface area contributed by atoms with Gasteiger partial charge in [-0.15, -0.1) is 16.8 Å². The van der Waals surface area contributed by atoms with E-state index < -0.39 is 5.41 Å². The minimum atomic E-state index is -0.471. The highest BCUT2D eigenvalue weighted by Crippen LogP contribution is 2.30.